The van der Waals surface area contributed by atoms with Crippen molar-refractivity contribution in [3.05, 3.63) is 52.0 Å². The molecule has 0 aromatic heterocycles. The van der Waals surface area contributed by atoms with Gasteiger partial charge in [0.2, 0.25) is 15.9 Å². The van der Waals surface area contributed by atoms with Crippen LogP contribution in [-0.2, 0) is 14.8 Å². The van der Waals surface area contributed by atoms with Gasteiger partial charge < -0.3 is 10.1 Å². The van der Waals surface area contributed by atoms with Crippen molar-refractivity contribution in [2.45, 2.75) is 4.90 Å². The number of carbonyl (C=O) groups excluding carboxylic acids is 1. The van der Waals surface area contributed by atoms with Crippen molar-refractivity contribution >= 4 is 39.1 Å². The zero-order valence-electron chi connectivity index (χ0n) is 19.2. The molecule has 2 aromatic rings. The van der Waals surface area contributed by atoms with Crippen LogP contribution in [0.25, 0.3) is 0 Å². The number of amides is 1. The third-order valence-corrected chi connectivity index (χ3v) is 5.17. The van der Waals surface area contributed by atoms with Crippen LogP contribution in [-0.4, -0.2) is 38.1 Å². The van der Waals surface area contributed by atoms with Crippen LogP contribution in [0, 0.1) is 11.3 Å². The van der Waals surface area contributed by atoms with Crippen molar-refractivity contribution in [1.82, 2.24) is 9.62 Å². The van der Waals surface area contributed by atoms with E-state index in [1.165, 1.54) is 29.6 Å². The molecule has 2 aromatic carbocycles. The first kappa shape index (κ1) is 13.0. The van der Waals surface area contributed by atoms with E-state index in [1.807, 2.05) is 0 Å². The minimum atomic E-state index is -5.34. The molecule has 27 heavy (non-hydrogen) atoms. The maximum absolute atomic E-state index is 13.5. The molecule has 0 atom stereocenters. The summed E-state index contributed by atoms with van der Waals surface area (Å²) in [4.78, 5) is 11.3. The molecule has 0 saturated carbocycles. The Morgan fingerprint density at radius 3 is 2.59 bits per heavy atom. The van der Waals surface area contributed by atoms with Crippen LogP contribution in [0.3, 0.4) is 0 Å². The Morgan fingerprint density at radius 2 is 1.93 bits per heavy atom. The zero-order chi connectivity index (χ0) is 25.0. The van der Waals surface area contributed by atoms with E-state index in [1.54, 1.807) is 6.07 Å². The smallest absolute Gasteiger partial charge is 0.247 e. The number of ether oxygens (including phenoxy) is 1. The third kappa shape index (κ3) is 4.34. The summed E-state index contributed by atoms with van der Waals surface area (Å²) in [5.74, 6) is -2.23. The lowest BCUT2D eigenvalue weighted by Gasteiger charge is -2.26. The molecule has 0 unspecified atom stereocenters. The number of piperazine rings is 1. The molecule has 140 valence electrons. The predicted molar refractivity (Wildman–Crippen MR) is 99.5 cm³/mol. The Kier molecular flexibility index (Phi) is 3.72. The van der Waals surface area contributed by atoms with Gasteiger partial charge in [-0.05, 0) is 36.4 Å². The molecule has 1 N–H and O–H groups in total. The number of nitriles is 1. The second kappa shape index (κ2) is 7.74. The van der Waals surface area contributed by atoms with E-state index < -0.39 is 50.4 Å². The van der Waals surface area contributed by atoms with Crippen molar-refractivity contribution in [3.8, 4) is 17.6 Å². The summed E-state index contributed by atoms with van der Waals surface area (Å²) >= 11 is 11.8. The number of nitrogens with zero attached hydrogens (tertiary/aromatic N) is 2. The van der Waals surface area contributed by atoms with Gasteiger partial charge in [-0.25, -0.2) is 8.42 Å². The topological polar surface area (TPSA) is 99.5 Å². The molecule has 0 spiro atoms. The molecule has 0 radical (unpaired) electrons. The van der Waals surface area contributed by atoms with Gasteiger partial charge in [-0.2, -0.15) is 9.57 Å². The fraction of sp³-hybridized carbons (Fsp3) is 0.176. The molecule has 0 aliphatic carbocycles. The van der Waals surface area contributed by atoms with Gasteiger partial charge in [0.15, 0.2) is 0 Å². The largest absolute Gasteiger partial charge is 0.456 e. The van der Waals surface area contributed by atoms with Crippen LogP contribution < -0.4 is 10.1 Å². The fourth-order valence-electron chi connectivity index (χ4n) is 2.08. The van der Waals surface area contributed by atoms with Gasteiger partial charge in [0.05, 0.1) is 23.6 Å². The van der Waals surface area contributed by atoms with E-state index in [-0.39, 0.29) is 21.4 Å². The van der Waals surface area contributed by atoms with Crippen molar-refractivity contribution in [3.63, 3.8) is 0 Å². The van der Waals surface area contributed by atoms with Gasteiger partial charge in [0.1, 0.15) is 16.4 Å². The van der Waals surface area contributed by atoms with E-state index in [4.69, 9.17) is 36.2 Å². The second-order valence-corrected chi connectivity index (χ2v) is 7.68. The van der Waals surface area contributed by atoms with Gasteiger partial charge in [-0.15, -0.1) is 0 Å². The van der Waals surface area contributed by atoms with Crippen LogP contribution in [0.15, 0.2) is 41.3 Å². The quantitative estimate of drug-likeness (QED) is 0.801. The number of nitrogens with one attached hydrogen (secondary N) is 1. The SMILES string of the molecule is [2H]C1([2H])C(=O)NC([2H])([2H])C([2H])([2H])N1S(=O)(=O)c1cc(C#N)ccc1Oc1cc(Cl)cc(Cl)c1. The Labute approximate surface area is 174 Å². The van der Waals surface area contributed by atoms with E-state index in [2.05, 4.69) is 0 Å². The first-order chi connectivity index (χ1) is 15.0. The average molecular weight is 432 g/mol. The van der Waals surface area contributed by atoms with Gasteiger partial charge >= 0.3 is 0 Å². The third-order valence-electron chi connectivity index (χ3n) is 3.19. The Balaban J connectivity index is 2.25. The second-order valence-electron chi connectivity index (χ2n) is 5.05. The van der Waals surface area contributed by atoms with Crippen LogP contribution in [0.4, 0.5) is 0 Å². The number of carbonyl (C=O) groups is 1. The van der Waals surface area contributed by atoms with E-state index in [9.17, 15) is 18.5 Å². The number of hydrogen-bond donors (Lipinski definition) is 1. The zero-order valence-corrected chi connectivity index (χ0v) is 15.5. The molecule has 1 aliphatic heterocycles. The maximum Gasteiger partial charge on any atom is 0.247 e. The molecule has 1 heterocycles. The molecule has 1 amide bonds. The van der Waals surface area contributed by atoms with Crippen LogP contribution >= 0.6 is 23.2 Å². The Hall–Kier alpha value is -2.31. The summed E-state index contributed by atoms with van der Waals surface area (Å²) in [6.45, 7) is -10.4. The van der Waals surface area contributed by atoms with Crippen molar-refractivity contribution in [2.24, 2.45) is 0 Å². The normalized spacial score (nSPS) is 24.0. The number of hydrogen-bond acceptors (Lipinski definition) is 5. The van der Waals surface area contributed by atoms with E-state index in [0.717, 1.165) is 12.1 Å². The molecule has 0 bridgehead atoms. The first-order valence-corrected chi connectivity index (χ1v) is 9.30. The van der Waals surface area contributed by atoms with Crippen LogP contribution in [0.5, 0.6) is 11.5 Å². The van der Waals surface area contributed by atoms with Crippen LogP contribution in [0.1, 0.15) is 13.8 Å². The summed E-state index contributed by atoms with van der Waals surface area (Å²) < 4.78 is 79.5. The summed E-state index contributed by atoms with van der Waals surface area (Å²) in [5.41, 5.74) is -0.212. The Morgan fingerprint density at radius 1 is 1.22 bits per heavy atom. The highest BCUT2D eigenvalue weighted by Gasteiger charge is 2.32. The van der Waals surface area contributed by atoms with Gasteiger partial charge in [0.25, 0.3) is 0 Å². The lowest BCUT2D eigenvalue weighted by molar-refractivity contribution is -0.122. The highest BCUT2D eigenvalue weighted by Crippen LogP contribution is 2.34. The predicted octanol–water partition coefficient (Wildman–Crippen LogP) is 2.78. The molecule has 1 aliphatic rings. The monoisotopic (exact) mass is 431 g/mol. The lowest BCUT2D eigenvalue weighted by Crippen LogP contribution is -2.49. The number of rotatable bonds is 4. The van der Waals surface area contributed by atoms with E-state index in [0.29, 0.717) is 0 Å². The molecular weight excluding hydrogens is 413 g/mol. The minimum absolute atomic E-state index is 0.0357. The van der Waals surface area contributed by atoms with Gasteiger partial charge in [0, 0.05) is 25.8 Å². The molecule has 3 rings (SSSR count). The Bertz CT molecular complexity index is 1280. The number of halogens is 2. The average Bonchev–Trinajstić information content (AvgIpc) is 2.65. The molecule has 1 saturated heterocycles. The lowest BCUT2D eigenvalue weighted by atomic mass is 10.2. The fourth-order valence-corrected chi connectivity index (χ4v) is 3.79. The van der Waals surface area contributed by atoms with Gasteiger partial charge in [-0.1, -0.05) is 23.2 Å². The van der Waals surface area contributed by atoms with Crippen molar-refractivity contribution < 1.29 is 26.2 Å². The van der Waals surface area contributed by atoms with Crippen molar-refractivity contribution in [2.75, 3.05) is 19.5 Å². The first-order valence-electron chi connectivity index (χ1n) is 10.1. The molecule has 1 fully saturated rings. The van der Waals surface area contributed by atoms with Crippen LogP contribution in [0.2, 0.25) is 10.0 Å². The number of benzene rings is 2. The summed E-state index contributed by atoms with van der Waals surface area (Å²) in [6, 6.07) is 8.67. The molecule has 10 heteroatoms. The molecular formula is C17H13Cl2N3O4S. The standard InChI is InChI=1S/C17H13Cl2N3O4S/c18-12-6-13(19)8-14(7-12)26-15-2-1-11(9-20)5-16(15)27(24,25)22-4-3-21-17(23)10-22/h1-2,5-8H,3-4,10H2,(H,21,23)/i3D2,4D2,10D2. The maximum atomic E-state index is 13.5. The van der Waals surface area contributed by atoms with Crippen molar-refractivity contribution in [1.29, 1.82) is 5.26 Å². The summed E-state index contributed by atoms with van der Waals surface area (Å²) in [5, 5.41) is 11.0. The summed E-state index contributed by atoms with van der Waals surface area (Å²) in [6.07, 6.45) is 0. The van der Waals surface area contributed by atoms with Gasteiger partial charge in [-0.3, -0.25) is 4.79 Å². The number of sulfonamides is 1. The van der Waals surface area contributed by atoms with E-state index >= 15 is 0 Å². The minimum Gasteiger partial charge on any atom is -0.456 e. The highest BCUT2D eigenvalue weighted by atomic mass is 35.5. The highest BCUT2D eigenvalue weighted by molar-refractivity contribution is 7.89. The molecule has 7 nitrogen and oxygen atoms in total. The summed E-state index contributed by atoms with van der Waals surface area (Å²) in [7, 11) is -5.34.